The quantitative estimate of drug-likeness (QED) is 0.899. The SMILES string of the molecule is Cc1ccc(NC(=O)C(C)N2CCCC(C)(CO)C2)cc1C. The number of aliphatic hydroxyl groups is 1. The minimum absolute atomic E-state index is 0.0189. The monoisotopic (exact) mass is 304 g/mol. The number of carbonyl (C=O) groups excluding carboxylic acids is 1. The maximum atomic E-state index is 12.5. The van der Waals surface area contributed by atoms with Crippen molar-refractivity contribution < 1.29 is 9.90 Å². The molecule has 2 atom stereocenters. The lowest BCUT2D eigenvalue weighted by Crippen LogP contribution is -2.51. The largest absolute Gasteiger partial charge is 0.396 e. The molecule has 1 aromatic rings. The fourth-order valence-electron chi connectivity index (χ4n) is 3.05. The van der Waals surface area contributed by atoms with Crippen LogP contribution >= 0.6 is 0 Å². The zero-order valence-corrected chi connectivity index (χ0v) is 14.1. The predicted octanol–water partition coefficient (Wildman–Crippen LogP) is 2.72. The Hall–Kier alpha value is -1.39. The van der Waals surface area contributed by atoms with E-state index < -0.39 is 0 Å². The Kier molecular flexibility index (Phi) is 5.24. The normalized spacial score (nSPS) is 24.0. The second kappa shape index (κ2) is 6.80. The molecule has 1 aliphatic rings. The van der Waals surface area contributed by atoms with E-state index in [9.17, 15) is 9.90 Å². The highest BCUT2D eigenvalue weighted by atomic mass is 16.3. The molecule has 1 aromatic carbocycles. The first-order valence-corrected chi connectivity index (χ1v) is 8.08. The van der Waals surface area contributed by atoms with Gasteiger partial charge in [0.1, 0.15) is 0 Å². The second-order valence-corrected chi connectivity index (χ2v) is 7.01. The van der Waals surface area contributed by atoms with Crippen molar-refractivity contribution in [2.24, 2.45) is 5.41 Å². The number of likely N-dealkylation sites (tertiary alicyclic amines) is 1. The van der Waals surface area contributed by atoms with Crippen LogP contribution in [0.4, 0.5) is 5.69 Å². The maximum Gasteiger partial charge on any atom is 0.241 e. The standard InChI is InChI=1S/C18H28N2O2/c1-13-6-7-16(10-14(13)2)19-17(22)15(3)20-9-5-8-18(4,11-20)12-21/h6-7,10,15,21H,5,8-9,11-12H2,1-4H3,(H,19,22). The van der Waals surface area contributed by atoms with E-state index in [0.29, 0.717) is 0 Å². The Labute approximate surface area is 133 Å². The molecule has 0 bridgehead atoms. The van der Waals surface area contributed by atoms with Crippen LogP contribution in [0, 0.1) is 19.3 Å². The average Bonchev–Trinajstić information content (AvgIpc) is 2.50. The smallest absolute Gasteiger partial charge is 0.241 e. The number of aliphatic hydroxyl groups excluding tert-OH is 1. The number of piperidine rings is 1. The van der Waals surface area contributed by atoms with E-state index in [1.54, 1.807) is 0 Å². The molecule has 2 N–H and O–H groups in total. The van der Waals surface area contributed by atoms with Crippen molar-refractivity contribution in [3.05, 3.63) is 29.3 Å². The van der Waals surface area contributed by atoms with E-state index in [2.05, 4.69) is 24.1 Å². The minimum Gasteiger partial charge on any atom is -0.396 e. The van der Waals surface area contributed by atoms with Gasteiger partial charge in [-0.15, -0.1) is 0 Å². The zero-order chi connectivity index (χ0) is 16.3. The zero-order valence-electron chi connectivity index (χ0n) is 14.1. The van der Waals surface area contributed by atoms with Crippen LogP contribution in [-0.4, -0.2) is 41.7 Å². The summed E-state index contributed by atoms with van der Waals surface area (Å²) in [4.78, 5) is 14.7. The maximum absolute atomic E-state index is 12.5. The van der Waals surface area contributed by atoms with Gasteiger partial charge in [-0.3, -0.25) is 9.69 Å². The van der Waals surface area contributed by atoms with Gasteiger partial charge in [0.05, 0.1) is 6.04 Å². The van der Waals surface area contributed by atoms with Gasteiger partial charge >= 0.3 is 0 Å². The Morgan fingerprint density at radius 3 is 2.77 bits per heavy atom. The van der Waals surface area contributed by atoms with Gasteiger partial charge in [0, 0.05) is 24.3 Å². The molecule has 2 unspecified atom stereocenters. The number of benzene rings is 1. The fourth-order valence-corrected chi connectivity index (χ4v) is 3.05. The summed E-state index contributed by atoms with van der Waals surface area (Å²) in [5, 5.41) is 12.6. The van der Waals surface area contributed by atoms with Crippen LogP contribution in [0.15, 0.2) is 18.2 Å². The van der Waals surface area contributed by atoms with Crippen molar-refractivity contribution in [2.75, 3.05) is 25.0 Å². The molecule has 122 valence electrons. The Morgan fingerprint density at radius 2 is 2.14 bits per heavy atom. The molecule has 1 aliphatic heterocycles. The molecule has 1 amide bonds. The lowest BCUT2D eigenvalue weighted by molar-refractivity contribution is -0.122. The van der Waals surface area contributed by atoms with Gasteiger partial charge in [-0.05, 0) is 63.4 Å². The first-order chi connectivity index (χ1) is 10.3. The number of carbonyl (C=O) groups is 1. The number of nitrogens with one attached hydrogen (secondary N) is 1. The Bertz CT molecular complexity index is 544. The van der Waals surface area contributed by atoms with Crippen molar-refractivity contribution in [1.29, 1.82) is 0 Å². The Morgan fingerprint density at radius 1 is 1.41 bits per heavy atom. The molecular formula is C18H28N2O2. The van der Waals surface area contributed by atoms with Crippen LogP contribution in [0.3, 0.4) is 0 Å². The van der Waals surface area contributed by atoms with Gasteiger partial charge in [-0.2, -0.15) is 0 Å². The van der Waals surface area contributed by atoms with E-state index in [4.69, 9.17) is 0 Å². The molecule has 22 heavy (non-hydrogen) atoms. The summed E-state index contributed by atoms with van der Waals surface area (Å²) in [5.74, 6) is 0.0189. The van der Waals surface area contributed by atoms with Crippen molar-refractivity contribution in [2.45, 2.75) is 46.6 Å². The van der Waals surface area contributed by atoms with Gasteiger partial charge in [-0.25, -0.2) is 0 Å². The topological polar surface area (TPSA) is 52.6 Å². The molecule has 0 aromatic heterocycles. The first-order valence-electron chi connectivity index (χ1n) is 8.08. The molecule has 4 nitrogen and oxygen atoms in total. The number of anilines is 1. The number of nitrogens with zero attached hydrogens (tertiary/aromatic N) is 1. The van der Waals surface area contributed by atoms with Crippen molar-refractivity contribution in [1.82, 2.24) is 4.90 Å². The summed E-state index contributed by atoms with van der Waals surface area (Å²) in [6, 6.07) is 5.79. The Balaban J connectivity index is 2.01. The summed E-state index contributed by atoms with van der Waals surface area (Å²) in [5.41, 5.74) is 3.16. The summed E-state index contributed by atoms with van der Waals surface area (Å²) in [6.45, 7) is 10.0. The molecular weight excluding hydrogens is 276 g/mol. The first kappa shape index (κ1) is 17.0. The van der Waals surface area contributed by atoms with Gasteiger partial charge in [0.2, 0.25) is 5.91 Å². The van der Waals surface area contributed by atoms with E-state index >= 15 is 0 Å². The van der Waals surface area contributed by atoms with Gasteiger partial charge in [-0.1, -0.05) is 13.0 Å². The van der Waals surface area contributed by atoms with Crippen LogP contribution in [0.5, 0.6) is 0 Å². The van der Waals surface area contributed by atoms with Gasteiger partial charge < -0.3 is 10.4 Å². The number of aryl methyl sites for hydroxylation is 2. The second-order valence-electron chi connectivity index (χ2n) is 7.01. The summed E-state index contributed by atoms with van der Waals surface area (Å²) >= 11 is 0. The third-order valence-electron chi connectivity index (χ3n) is 4.89. The fraction of sp³-hybridized carbons (Fsp3) is 0.611. The third-order valence-corrected chi connectivity index (χ3v) is 4.89. The number of amides is 1. The lowest BCUT2D eigenvalue weighted by atomic mass is 9.82. The number of hydrogen-bond donors (Lipinski definition) is 2. The van der Waals surface area contributed by atoms with Crippen LogP contribution in [0.25, 0.3) is 0 Å². The highest BCUT2D eigenvalue weighted by molar-refractivity contribution is 5.94. The molecule has 0 radical (unpaired) electrons. The summed E-state index contributed by atoms with van der Waals surface area (Å²) in [7, 11) is 0. The average molecular weight is 304 g/mol. The minimum atomic E-state index is -0.187. The number of rotatable bonds is 4. The molecule has 1 heterocycles. The van der Waals surface area contributed by atoms with E-state index in [0.717, 1.165) is 31.6 Å². The van der Waals surface area contributed by atoms with E-state index in [-0.39, 0.29) is 24.0 Å². The van der Waals surface area contributed by atoms with Crippen LogP contribution < -0.4 is 5.32 Å². The number of hydrogen-bond acceptors (Lipinski definition) is 3. The van der Waals surface area contributed by atoms with Crippen LogP contribution in [-0.2, 0) is 4.79 Å². The molecule has 1 fully saturated rings. The highest BCUT2D eigenvalue weighted by Gasteiger charge is 2.34. The highest BCUT2D eigenvalue weighted by Crippen LogP contribution is 2.30. The molecule has 2 rings (SSSR count). The molecule has 0 saturated carbocycles. The van der Waals surface area contributed by atoms with Crippen molar-refractivity contribution in [3.63, 3.8) is 0 Å². The van der Waals surface area contributed by atoms with E-state index in [1.807, 2.05) is 32.0 Å². The molecule has 4 heteroatoms. The third kappa shape index (κ3) is 3.87. The molecule has 0 spiro atoms. The summed E-state index contributed by atoms with van der Waals surface area (Å²) < 4.78 is 0. The van der Waals surface area contributed by atoms with Crippen LogP contribution in [0.1, 0.15) is 37.8 Å². The van der Waals surface area contributed by atoms with E-state index in [1.165, 1.54) is 11.1 Å². The molecule has 0 aliphatic carbocycles. The van der Waals surface area contributed by atoms with Crippen molar-refractivity contribution >= 4 is 11.6 Å². The predicted molar refractivity (Wildman–Crippen MR) is 90.0 cm³/mol. The van der Waals surface area contributed by atoms with Crippen LogP contribution in [0.2, 0.25) is 0 Å². The van der Waals surface area contributed by atoms with Gasteiger partial charge in [0.25, 0.3) is 0 Å². The van der Waals surface area contributed by atoms with Gasteiger partial charge in [0.15, 0.2) is 0 Å². The lowest BCUT2D eigenvalue weighted by Gasteiger charge is -2.41. The summed E-state index contributed by atoms with van der Waals surface area (Å²) in [6.07, 6.45) is 2.05. The van der Waals surface area contributed by atoms with Crippen molar-refractivity contribution in [3.8, 4) is 0 Å². The molecule has 1 saturated heterocycles.